The maximum Gasteiger partial charge on any atom is 0.273 e. The molecular formula is C11H14N2O3. The van der Waals surface area contributed by atoms with Crippen LogP contribution >= 0.6 is 0 Å². The number of nitrogens with zero attached hydrogens (tertiary/aromatic N) is 1. The largest absolute Gasteiger partial charge is 0.496 e. The highest BCUT2D eigenvalue weighted by molar-refractivity contribution is 5.46. The molecule has 0 spiro atoms. The molecule has 0 aromatic heterocycles. The van der Waals surface area contributed by atoms with Crippen molar-refractivity contribution in [1.82, 2.24) is 5.32 Å². The van der Waals surface area contributed by atoms with Gasteiger partial charge in [-0.1, -0.05) is 0 Å². The summed E-state index contributed by atoms with van der Waals surface area (Å²) in [6, 6.07) is 5.04. The van der Waals surface area contributed by atoms with Crippen LogP contribution in [-0.4, -0.2) is 18.6 Å². The van der Waals surface area contributed by atoms with Crippen LogP contribution in [0.25, 0.3) is 0 Å². The highest BCUT2D eigenvalue weighted by atomic mass is 16.6. The third-order valence-electron chi connectivity index (χ3n) is 2.86. The zero-order chi connectivity index (χ0) is 11.5. The van der Waals surface area contributed by atoms with Crippen LogP contribution in [0.5, 0.6) is 5.75 Å². The van der Waals surface area contributed by atoms with Gasteiger partial charge in [-0.05, 0) is 25.5 Å². The Morgan fingerprint density at radius 3 is 2.94 bits per heavy atom. The van der Waals surface area contributed by atoms with E-state index >= 15 is 0 Å². The maximum absolute atomic E-state index is 10.6. The van der Waals surface area contributed by atoms with Crippen molar-refractivity contribution in [2.24, 2.45) is 0 Å². The number of benzene rings is 1. The van der Waals surface area contributed by atoms with Gasteiger partial charge in [0, 0.05) is 17.7 Å². The Kier molecular flexibility index (Phi) is 3.05. The molecule has 0 bridgehead atoms. The zero-order valence-electron chi connectivity index (χ0n) is 9.10. The first-order valence-electron chi connectivity index (χ1n) is 5.28. The molecule has 5 heteroatoms. The van der Waals surface area contributed by atoms with E-state index < -0.39 is 4.92 Å². The number of hydrogen-bond acceptors (Lipinski definition) is 4. The monoisotopic (exact) mass is 222 g/mol. The summed E-state index contributed by atoms with van der Waals surface area (Å²) in [7, 11) is 1.54. The van der Waals surface area contributed by atoms with E-state index in [-0.39, 0.29) is 11.7 Å². The molecule has 1 aliphatic heterocycles. The van der Waals surface area contributed by atoms with Gasteiger partial charge in [-0.3, -0.25) is 10.1 Å². The zero-order valence-corrected chi connectivity index (χ0v) is 9.10. The molecule has 1 aromatic carbocycles. The quantitative estimate of drug-likeness (QED) is 0.627. The van der Waals surface area contributed by atoms with Crippen molar-refractivity contribution in [2.75, 3.05) is 13.7 Å². The smallest absolute Gasteiger partial charge is 0.273 e. The van der Waals surface area contributed by atoms with Gasteiger partial charge >= 0.3 is 0 Å². The molecule has 1 atom stereocenters. The van der Waals surface area contributed by atoms with Gasteiger partial charge in [0.1, 0.15) is 5.75 Å². The minimum absolute atomic E-state index is 0.0681. The lowest BCUT2D eigenvalue weighted by Gasteiger charge is -2.14. The number of nitrogens with one attached hydrogen (secondary N) is 1. The van der Waals surface area contributed by atoms with E-state index in [1.807, 2.05) is 0 Å². The molecule has 0 saturated carbocycles. The van der Waals surface area contributed by atoms with E-state index in [9.17, 15) is 10.1 Å². The van der Waals surface area contributed by atoms with E-state index in [0.29, 0.717) is 5.75 Å². The number of nitro groups is 1. The second-order valence-corrected chi connectivity index (χ2v) is 3.83. The second kappa shape index (κ2) is 4.49. The topological polar surface area (TPSA) is 64.4 Å². The van der Waals surface area contributed by atoms with Crippen LogP contribution in [0.3, 0.4) is 0 Å². The number of ether oxygens (including phenoxy) is 1. The van der Waals surface area contributed by atoms with Crippen molar-refractivity contribution < 1.29 is 9.66 Å². The lowest BCUT2D eigenvalue weighted by Crippen LogP contribution is -2.13. The minimum atomic E-state index is -0.408. The summed E-state index contributed by atoms with van der Waals surface area (Å²) in [4.78, 5) is 10.2. The van der Waals surface area contributed by atoms with Gasteiger partial charge in [-0.15, -0.1) is 0 Å². The first-order valence-corrected chi connectivity index (χ1v) is 5.28. The van der Waals surface area contributed by atoms with Crippen LogP contribution in [-0.2, 0) is 0 Å². The first kappa shape index (κ1) is 10.9. The van der Waals surface area contributed by atoms with Crippen LogP contribution in [0.2, 0.25) is 0 Å². The highest BCUT2D eigenvalue weighted by Gasteiger charge is 2.21. The van der Waals surface area contributed by atoms with Crippen molar-refractivity contribution in [3.05, 3.63) is 33.9 Å². The van der Waals surface area contributed by atoms with Crippen LogP contribution < -0.4 is 10.1 Å². The predicted octanol–water partition coefficient (Wildman–Crippen LogP) is 2.03. The molecule has 1 fully saturated rings. The third kappa shape index (κ3) is 1.99. The third-order valence-corrected chi connectivity index (χ3v) is 2.86. The molecule has 86 valence electrons. The predicted molar refractivity (Wildman–Crippen MR) is 59.6 cm³/mol. The van der Waals surface area contributed by atoms with Gasteiger partial charge in [0.2, 0.25) is 0 Å². The van der Waals surface area contributed by atoms with Crippen molar-refractivity contribution in [3.8, 4) is 5.75 Å². The van der Waals surface area contributed by atoms with Gasteiger partial charge < -0.3 is 10.1 Å². The lowest BCUT2D eigenvalue weighted by atomic mass is 10.0. The van der Waals surface area contributed by atoms with E-state index in [1.54, 1.807) is 6.07 Å². The first-order chi connectivity index (χ1) is 7.72. The molecule has 2 rings (SSSR count). The van der Waals surface area contributed by atoms with Gasteiger partial charge in [0.25, 0.3) is 5.69 Å². The van der Waals surface area contributed by atoms with Crippen molar-refractivity contribution >= 4 is 5.69 Å². The molecule has 0 amide bonds. The fraction of sp³-hybridized carbons (Fsp3) is 0.455. The summed E-state index contributed by atoms with van der Waals surface area (Å²) >= 11 is 0. The average molecular weight is 222 g/mol. The Balaban J connectivity index is 2.34. The summed E-state index contributed by atoms with van der Waals surface area (Å²) < 4.78 is 5.20. The molecule has 0 aliphatic carbocycles. The van der Waals surface area contributed by atoms with E-state index in [2.05, 4.69) is 5.32 Å². The molecule has 16 heavy (non-hydrogen) atoms. The Hall–Kier alpha value is -1.62. The fourth-order valence-electron chi connectivity index (χ4n) is 2.05. The summed E-state index contributed by atoms with van der Waals surface area (Å²) in [5.41, 5.74) is 1.07. The number of hydrogen-bond donors (Lipinski definition) is 1. The van der Waals surface area contributed by atoms with Crippen LogP contribution in [0.4, 0.5) is 5.69 Å². The van der Waals surface area contributed by atoms with Crippen molar-refractivity contribution in [1.29, 1.82) is 0 Å². The van der Waals surface area contributed by atoms with Crippen molar-refractivity contribution in [3.63, 3.8) is 0 Å². The van der Waals surface area contributed by atoms with Crippen LogP contribution in [0, 0.1) is 10.1 Å². The van der Waals surface area contributed by atoms with Gasteiger partial charge in [-0.25, -0.2) is 0 Å². The SMILES string of the molecule is COc1cc([N+](=O)[O-])ccc1[C@H]1CCCN1. The number of rotatable bonds is 3. The molecule has 0 radical (unpaired) electrons. The number of nitro benzene ring substituents is 1. The molecule has 1 N–H and O–H groups in total. The summed E-state index contributed by atoms with van der Waals surface area (Å²) in [6.07, 6.45) is 2.18. The molecule has 1 aliphatic rings. The average Bonchev–Trinajstić information content (AvgIpc) is 2.81. The Morgan fingerprint density at radius 2 is 2.38 bits per heavy atom. The maximum atomic E-state index is 10.6. The van der Waals surface area contributed by atoms with E-state index in [4.69, 9.17) is 4.74 Å². The Bertz CT molecular complexity index is 400. The normalized spacial score (nSPS) is 19.7. The highest BCUT2D eigenvalue weighted by Crippen LogP contribution is 2.33. The molecule has 1 saturated heterocycles. The number of methoxy groups -OCH3 is 1. The molecule has 1 heterocycles. The summed E-state index contributed by atoms with van der Waals surface area (Å²) in [6.45, 7) is 0.991. The minimum Gasteiger partial charge on any atom is -0.496 e. The van der Waals surface area contributed by atoms with E-state index in [0.717, 1.165) is 24.9 Å². The van der Waals surface area contributed by atoms with Crippen molar-refractivity contribution in [2.45, 2.75) is 18.9 Å². The molecule has 0 unspecified atom stereocenters. The fourth-order valence-corrected chi connectivity index (χ4v) is 2.05. The van der Waals surface area contributed by atoms with Gasteiger partial charge in [0.15, 0.2) is 0 Å². The standard InChI is InChI=1S/C11H14N2O3/c1-16-11-7-8(13(14)15)4-5-9(11)10-3-2-6-12-10/h4-5,7,10,12H,2-3,6H2,1H3/t10-/m1/s1. The van der Waals surface area contributed by atoms with Crippen LogP contribution in [0.15, 0.2) is 18.2 Å². The van der Waals surface area contributed by atoms with Crippen LogP contribution in [0.1, 0.15) is 24.4 Å². The number of non-ortho nitro benzene ring substituents is 1. The molecule has 1 aromatic rings. The molecule has 5 nitrogen and oxygen atoms in total. The lowest BCUT2D eigenvalue weighted by molar-refractivity contribution is -0.384. The van der Waals surface area contributed by atoms with E-state index in [1.165, 1.54) is 19.2 Å². The second-order valence-electron chi connectivity index (χ2n) is 3.83. The Morgan fingerprint density at radius 1 is 1.56 bits per heavy atom. The Labute approximate surface area is 93.6 Å². The summed E-state index contributed by atoms with van der Waals surface area (Å²) in [5.74, 6) is 0.591. The van der Waals surface area contributed by atoms with Gasteiger partial charge in [-0.2, -0.15) is 0 Å². The molecular weight excluding hydrogens is 208 g/mol. The van der Waals surface area contributed by atoms with Gasteiger partial charge in [0.05, 0.1) is 18.1 Å². The summed E-state index contributed by atoms with van der Waals surface area (Å²) in [5, 5.41) is 14.0.